The lowest BCUT2D eigenvalue weighted by atomic mass is 10.1. The number of halogens is 2. The molecule has 2 aromatic carbocycles. The van der Waals surface area contributed by atoms with Gasteiger partial charge in [-0.3, -0.25) is 0 Å². The van der Waals surface area contributed by atoms with E-state index in [0.717, 1.165) is 15.7 Å². The van der Waals surface area contributed by atoms with Gasteiger partial charge in [0.05, 0.1) is 23.4 Å². The first-order chi connectivity index (χ1) is 9.61. The fourth-order valence-electron chi connectivity index (χ4n) is 1.73. The van der Waals surface area contributed by atoms with Gasteiger partial charge in [0.2, 0.25) is 0 Å². The summed E-state index contributed by atoms with van der Waals surface area (Å²) in [7, 11) is 1.36. The number of benzene rings is 2. The Labute approximate surface area is 131 Å². The van der Waals surface area contributed by atoms with E-state index in [1.54, 1.807) is 12.1 Å². The van der Waals surface area contributed by atoms with E-state index in [-0.39, 0.29) is 5.97 Å². The topological polar surface area (TPSA) is 38.3 Å². The number of nitrogens with one attached hydrogen (secondary N) is 1. The number of carbonyl (C=O) groups is 1. The van der Waals surface area contributed by atoms with Crippen LogP contribution in [0.2, 0.25) is 5.02 Å². The van der Waals surface area contributed by atoms with Crippen LogP contribution < -0.4 is 5.32 Å². The van der Waals surface area contributed by atoms with Gasteiger partial charge in [-0.1, -0.05) is 45.7 Å². The minimum atomic E-state index is -0.351. The number of ether oxygens (including phenoxy) is 1. The summed E-state index contributed by atoms with van der Waals surface area (Å²) < 4.78 is 5.53. The quantitative estimate of drug-likeness (QED) is 0.822. The molecule has 5 heteroatoms. The molecule has 0 spiro atoms. The largest absolute Gasteiger partial charge is 0.465 e. The van der Waals surface area contributed by atoms with Gasteiger partial charge >= 0.3 is 5.97 Å². The summed E-state index contributed by atoms with van der Waals surface area (Å²) in [6.07, 6.45) is 0. The van der Waals surface area contributed by atoms with Crippen molar-refractivity contribution >= 4 is 39.2 Å². The molecule has 1 N–H and O–H groups in total. The Bertz CT molecular complexity index is 631. The van der Waals surface area contributed by atoms with E-state index in [2.05, 4.69) is 26.0 Å². The lowest BCUT2D eigenvalue weighted by Gasteiger charge is -2.10. The van der Waals surface area contributed by atoms with Crippen LogP contribution in [0.15, 0.2) is 46.9 Å². The second kappa shape index (κ2) is 6.77. The monoisotopic (exact) mass is 353 g/mol. The summed E-state index contributed by atoms with van der Waals surface area (Å²) in [6.45, 7) is 0.603. The fraction of sp³-hybridized carbons (Fsp3) is 0.133. The van der Waals surface area contributed by atoms with Crippen molar-refractivity contribution in [3.63, 3.8) is 0 Å². The molecular formula is C15H13BrClNO2. The highest BCUT2D eigenvalue weighted by Gasteiger charge is 2.08. The molecule has 0 amide bonds. The maximum absolute atomic E-state index is 11.4. The molecule has 0 saturated carbocycles. The first-order valence-corrected chi connectivity index (χ1v) is 7.14. The Kier molecular flexibility index (Phi) is 5.04. The molecule has 3 nitrogen and oxygen atoms in total. The van der Waals surface area contributed by atoms with Gasteiger partial charge in [0.25, 0.3) is 0 Å². The first-order valence-electron chi connectivity index (χ1n) is 5.97. The summed E-state index contributed by atoms with van der Waals surface area (Å²) in [5, 5.41) is 3.93. The zero-order valence-electron chi connectivity index (χ0n) is 10.8. The summed E-state index contributed by atoms with van der Waals surface area (Å²) in [4.78, 5) is 11.4. The van der Waals surface area contributed by atoms with Crippen LogP contribution in [0.1, 0.15) is 15.9 Å². The molecule has 2 aromatic rings. The predicted octanol–water partition coefficient (Wildman–Crippen LogP) is 4.50. The summed E-state index contributed by atoms with van der Waals surface area (Å²) in [5.41, 5.74) is 2.41. The summed E-state index contributed by atoms with van der Waals surface area (Å²) >= 11 is 9.54. The van der Waals surface area contributed by atoms with Gasteiger partial charge < -0.3 is 10.1 Å². The van der Waals surface area contributed by atoms with E-state index < -0.39 is 0 Å². The summed E-state index contributed by atoms with van der Waals surface area (Å²) in [6, 6.07) is 12.9. The van der Waals surface area contributed by atoms with Crippen LogP contribution >= 0.6 is 27.5 Å². The molecule has 2 rings (SSSR count). The van der Waals surface area contributed by atoms with E-state index in [1.807, 2.05) is 30.3 Å². The molecule has 0 fully saturated rings. The molecule has 20 heavy (non-hydrogen) atoms. The van der Waals surface area contributed by atoms with Crippen LogP contribution in [0.5, 0.6) is 0 Å². The maximum atomic E-state index is 11.4. The molecular weight excluding hydrogens is 342 g/mol. The van der Waals surface area contributed by atoms with Crippen LogP contribution in [-0.4, -0.2) is 13.1 Å². The SMILES string of the molecule is COC(=O)c1ccc(CNc2ccccc2Cl)c(Br)c1. The second-order valence-electron chi connectivity index (χ2n) is 4.13. The Morgan fingerprint density at radius 1 is 1.30 bits per heavy atom. The molecule has 0 atom stereocenters. The van der Waals surface area contributed by atoms with Gasteiger partial charge in [-0.2, -0.15) is 0 Å². The smallest absolute Gasteiger partial charge is 0.337 e. The van der Waals surface area contributed by atoms with Crippen LogP contribution in [0.4, 0.5) is 5.69 Å². The Morgan fingerprint density at radius 3 is 2.70 bits per heavy atom. The third kappa shape index (κ3) is 3.52. The van der Waals surface area contributed by atoms with Gasteiger partial charge in [0, 0.05) is 11.0 Å². The Hall–Kier alpha value is -1.52. The highest BCUT2D eigenvalue weighted by atomic mass is 79.9. The number of esters is 1. The number of hydrogen-bond acceptors (Lipinski definition) is 3. The van der Waals surface area contributed by atoms with Crippen molar-refractivity contribution in [2.24, 2.45) is 0 Å². The number of hydrogen-bond donors (Lipinski definition) is 1. The highest BCUT2D eigenvalue weighted by Crippen LogP contribution is 2.24. The standard InChI is InChI=1S/C15H13BrClNO2/c1-20-15(19)10-6-7-11(12(16)8-10)9-18-14-5-3-2-4-13(14)17/h2-8,18H,9H2,1H3. The molecule has 0 heterocycles. The van der Waals surface area contributed by atoms with Gasteiger partial charge in [-0.25, -0.2) is 4.79 Å². The molecule has 0 aliphatic rings. The average molecular weight is 355 g/mol. The van der Waals surface area contributed by atoms with Gasteiger partial charge in [-0.05, 0) is 29.8 Å². The lowest BCUT2D eigenvalue weighted by Crippen LogP contribution is -2.04. The van der Waals surface area contributed by atoms with E-state index >= 15 is 0 Å². The van der Waals surface area contributed by atoms with Crippen molar-refractivity contribution < 1.29 is 9.53 Å². The molecule has 0 aliphatic heterocycles. The molecule has 0 radical (unpaired) electrons. The van der Waals surface area contributed by atoms with Gasteiger partial charge in [-0.15, -0.1) is 0 Å². The van der Waals surface area contributed by atoms with Crippen molar-refractivity contribution in [2.45, 2.75) is 6.54 Å². The van der Waals surface area contributed by atoms with Crippen LogP contribution in [0.3, 0.4) is 0 Å². The Balaban J connectivity index is 2.11. The van der Waals surface area contributed by atoms with Gasteiger partial charge in [0.1, 0.15) is 0 Å². The first kappa shape index (κ1) is 14.9. The maximum Gasteiger partial charge on any atom is 0.337 e. The van der Waals surface area contributed by atoms with E-state index in [1.165, 1.54) is 7.11 Å². The van der Waals surface area contributed by atoms with Crippen LogP contribution in [0, 0.1) is 0 Å². The summed E-state index contributed by atoms with van der Waals surface area (Å²) in [5.74, 6) is -0.351. The minimum absolute atomic E-state index is 0.351. The molecule has 0 unspecified atom stereocenters. The van der Waals surface area contributed by atoms with Crippen molar-refractivity contribution in [1.29, 1.82) is 0 Å². The normalized spacial score (nSPS) is 10.2. The number of methoxy groups -OCH3 is 1. The van der Waals surface area contributed by atoms with E-state index in [4.69, 9.17) is 11.6 Å². The molecule has 0 aromatic heterocycles. The number of anilines is 1. The second-order valence-corrected chi connectivity index (χ2v) is 5.39. The lowest BCUT2D eigenvalue weighted by molar-refractivity contribution is 0.0600. The molecule has 0 aliphatic carbocycles. The van der Waals surface area contributed by atoms with Crippen molar-refractivity contribution in [3.8, 4) is 0 Å². The molecule has 104 valence electrons. The van der Waals surface area contributed by atoms with Crippen molar-refractivity contribution in [3.05, 3.63) is 63.1 Å². The van der Waals surface area contributed by atoms with Crippen LogP contribution in [-0.2, 0) is 11.3 Å². The Morgan fingerprint density at radius 2 is 2.05 bits per heavy atom. The highest BCUT2D eigenvalue weighted by molar-refractivity contribution is 9.10. The average Bonchev–Trinajstić information content (AvgIpc) is 2.46. The fourth-order valence-corrected chi connectivity index (χ4v) is 2.45. The van der Waals surface area contributed by atoms with Crippen LogP contribution in [0.25, 0.3) is 0 Å². The number of para-hydroxylation sites is 1. The zero-order chi connectivity index (χ0) is 14.5. The van der Waals surface area contributed by atoms with Crippen molar-refractivity contribution in [2.75, 3.05) is 12.4 Å². The van der Waals surface area contributed by atoms with Crippen molar-refractivity contribution in [1.82, 2.24) is 0 Å². The van der Waals surface area contributed by atoms with Gasteiger partial charge in [0.15, 0.2) is 0 Å². The van der Waals surface area contributed by atoms with E-state index in [0.29, 0.717) is 17.1 Å². The third-order valence-electron chi connectivity index (χ3n) is 2.82. The molecule has 0 saturated heterocycles. The van der Waals surface area contributed by atoms with E-state index in [9.17, 15) is 4.79 Å². The molecule has 0 bridgehead atoms. The number of rotatable bonds is 4. The zero-order valence-corrected chi connectivity index (χ0v) is 13.2. The minimum Gasteiger partial charge on any atom is -0.465 e. The number of carbonyl (C=O) groups excluding carboxylic acids is 1. The predicted molar refractivity (Wildman–Crippen MR) is 84.3 cm³/mol. The third-order valence-corrected chi connectivity index (χ3v) is 3.89.